The van der Waals surface area contributed by atoms with E-state index < -0.39 is 0 Å². The summed E-state index contributed by atoms with van der Waals surface area (Å²) < 4.78 is 21.2. The average molecular weight is 327 g/mol. The fourth-order valence-electron chi connectivity index (χ4n) is 2.41. The molecule has 2 aromatic carbocycles. The Labute approximate surface area is 139 Å². The molecule has 0 saturated carbocycles. The number of hydrogen-bond acceptors (Lipinski definition) is 6. The van der Waals surface area contributed by atoms with Crippen LogP contribution in [0.1, 0.15) is 11.5 Å². The lowest BCUT2D eigenvalue weighted by molar-refractivity contribution is -0.133. The van der Waals surface area contributed by atoms with Crippen molar-refractivity contribution in [3.63, 3.8) is 0 Å². The number of carbonyl (C=O) groups is 1. The van der Waals surface area contributed by atoms with Gasteiger partial charge in [0.15, 0.2) is 23.0 Å². The van der Waals surface area contributed by atoms with Crippen LogP contribution in [0.2, 0.25) is 0 Å². The maximum atomic E-state index is 12.1. The van der Waals surface area contributed by atoms with Gasteiger partial charge in [-0.3, -0.25) is 4.79 Å². The summed E-state index contributed by atoms with van der Waals surface area (Å²) in [6, 6.07) is 10.4. The van der Waals surface area contributed by atoms with Crippen molar-refractivity contribution in [1.82, 2.24) is 4.98 Å². The Balaban J connectivity index is 1.72. The first-order valence-corrected chi connectivity index (χ1v) is 7.38. The van der Waals surface area contributed by atoms with E-state index in [9.17, 15) is 4.79 Å². The van der Waals surface area contributed by atoms with Crippen molar-refractivity contribution in [2.75, 3.05) is 14.2 Å². The number of methoxy groups -OCH3 is 2. The maximum absolute atomic E-state index is 12.1. The smallest absolute Gasteiger partial charge is 0.315 e. The number of hydrogen-bond donors (Lipinski definition) is 0. The van der Waals surface area contributed by atoms with Crippen LogP contribution in [0, 0.1) is 6.92 Å². The summed E-state index contributed by atoms with van der Waals surface area (Å²) in [5, 5.41) is 0. The molecule has 1 aromatic heterocycles. The van der Waals surface area contributed by atoms with Crippen LogP contribution in [0.3, 0.4) is 0 Å². The number of aromatic nitrogens is 1. The molecule has 0 spiro atoms. The first-order valence-electron chi connectivity index (χ1n) is 7.38. The van der Waals surface area contributed by atoms with Crippen LogP contribution in [0.25, 0.3) is 11.1 Å². The largest absolute Gasteiger partial charge is 0.493 e. The van der Waals surface area contributed by atoms with Gasteiger partial charge in [0, 0.05) is 13.0 Å². The second-order valence-corrected chi connectivity index (χ2v) is 5.20. The van der Waals surface area contributed by atoms with E-state index in [1.165, 1.54) is 0 Å². The summed E-state index contributed by atoms with van der Waals surface area (Å²) in [4.78, 5) is 16.4. The fraction of sp³-hybridized carbons (Fsp3) is 0.222. The number of oxazole rings is 1. The molecule has 1 heterocycles. The predicted octanol–water partition coefficient (Wildman–Crippen LogP) is 3.30. The van der Waals surface area contributed by atoms with E-state index in [-0.39, 0.29) is 12.4 Å². The lowest BCUT2D eigenvalue weighted by Gasteiger charge is -2.09. The average Bonchev–Trinajstić information content (AvgIpc) is 2.93. The summed E-state index contributed by atoms with van der Waals surface area (Å²) in [6.07, 6.45) is 0.121. The molecule has 0 aliphatic heterocycles. The van der Waals surface area contributed by atoms with E-state index >= 15 is 0 Å². The predicted molar refractivity (Wildman–Crippen MR) is 87.6 cm³/mol. The third-order valence-electron chi connectivity index (χ3n) is 3.49. The highest BCUT2D eigenvalue weighted by Gasteiger charge is 2.11. The summed E-state index contributed by atoms with van der Waals surface area (Å²) in [5.41, 5.74) is 2.09. The Morgan fingerprint density at radius 1 is 1.08 bits per heavy atom. The van der Waals surface area contributed by atoms with Crippen molar-refractivity contribution in [2.24, 2.45) is 0 Å². The van der Waals surface area contributed by atoms with Crippen LogP contribution in [0.15, 0.2) is 40.8 Å². The Morgan fingerprint density at radius 2 is 1.88 bits per heavy atom. The second kappa shape index (κ2) is 6.62. The number of benzene rings is 2. The highest BCUT2D eigenvalue weighted by molar-refractivity contribution is 5.79. The van der Waals surface area contributed by atoms with Crippen LogP contribution in [0.5, 0.6) is 17.2 Å². The van der Waals surface area contributed by atoms with Crippen molar-refractivity contribution >= 4 is 17.1 Å². The number of rotatable bonds is 5. The quantitative estimate of drug-likeness (QED) is 0.529. The molecular weight excluding hydrogens is 310 g/mol. The number of carbonyl (C=O) groups excluding carboxylic acids is 1. The van der Waals surface area contributed by atoms with Crippen LogP contribution < -0.4 is 14.2 Å². The van der Waals surface area contributed by atoms with E-state index in [1.54, 1.807) is 57.5 Å². The standard InChI is InChI=1S/C18H17NO5/c1-11-19-14-10-13(5-7-15(14)23-11)24-18(20)9-12-4-6-16(21-2)17(8-12)22-3/h4-8,10H,9H2,1-3H3. The molecule has 3 aromatic rings. The topological polar surface area (TPSA) is 70.8 Å². The number of fused-ring (bicyclic) bond motifs is 1. The molecule has 3 rings (SSSR count). The van der Waals surface area contributed by atoms with Crippen molar-refractivity contribution in [3.05, 3.63) is 47.9 Å². The van der Waals surface area contributed by atoms with Gasteiger partial charge in [-0.1, -0.05) is 6.07 Å². The molecule has 0 fully saturated rings. The summed E-state index contributed by atoms with van der Waals surface area (Å²) in [6.45, 7) is 1.77. The molecule has 0 amide bonds. The first-order chi connectivity index (χ1) is 11.6. The minimum Gasteiger partial charge on any atom is -0.493 e. The summed E-state index contributed by atoms with van der Waals surface area (Å²) >= 11 is 0. The van der Waals surface area contributed by atoms with Gasteiger partial charge in [0.1, 0.15) is 11.3 Å². The van der Waals surface area contributed by atoms with Gasteiger partial charge in [-0.05, 0) is 29.8 Å². The van der Waals surface area contributed by atoms with Crippen LogP contribution >= 0.6 is 0 Å². The Hall–Kier alpha value is -3.02. The number of ether oxygens (including phenoxy) is 3. The second-order valence-electron chi connectivity index (χ2n) is 5.20. The van der Waals surface area contributed by atoms with Crippen molar-refractivity contribution in [1.29, 1.82) is 0 Å². The molecule has 0 saturated heterocycles. The third kappa shape index (κ3) is 3.32. The molecular formula is C18H17NO5. The van der Waals surface area contributed by atoms with Gasteiger partial charge in [0.05, 0.1) is 20.6 Å². The Bertz CT molecular complexity index is 884. The van der Waals surface area contributed by atoms with Crippen LogP contribution in [-0.2, 0) is 11.2 Å². The van der Waals surface area contributed by atoms with E-state index in [0.717, 1.165) is 5.56 Å². The van der Waals surface area contributed by atoms with E-state index in [4.69, 9.17) is 18.6 Å². The lowest BCUT2D eigenvalue weighted by Crippen LogP contribution is -2.11. The number of nitrogens with zero attached hydrogens (tertiary/aromatic N) is 1. The molecule has 6 heteroatoms. The minimum absolute atomic E-state index is 0.121. The van der Waals surface area contributed by atoms with Crippen LogP contribution in [0.4, 0.5) is 0 Å². The van der Waals surface area contributed by atoms with Crippen molar-refractivity contribution in [2.45, 2.75) is 13.3 Å². The SMILES string of the molecule is COc1ccc(CC(=O)Oc2ccc3oc(C)nc3c2)cc1OC. The third-order valence-corrected chi connectivity index (χ3v) is 3.49. The summed E-state index contributed by atoms with van der Waals surface area (Å²) in [5.74, 6) is 1.81. The molecule has 0 atom stereocenters. The fourth-order valence-corrected chi connectivity index (χ4v) is 2.41. The minimum atomic E-state index is -0.373. The van der Waals surface area contributed by atoms with Gasteiger partial charge in [-0.15, -0.1) is 0 Å². The molecule has 6 nitrogen and oxygen atoms in total. The molecule has 124 valence electrons. The first kappa shape index (κ1) is 15.9. The molecule has 0 aliphatic carbocycles. The van der Waals surface area contributed by atoms with Gasteiger partial charge in [-0.25, -0.2) is 4.98 Å². The summed E-state index contributed by atoms with van der Waals surface area (Å²) in [7, 11) is 3.11. The Kier molecular flexibility index (Phi) is 4.37. The normalized spacial score (nSPS) is 10.6. The van der Waals surface area contributed by atoms with Gasteiger partial charge in [-0.2, -0.15) is 0 Å². The van der Waals surface area contributed by atoms with Gasteiger partial charge in [0.25, 0.3) is 0 Å². The highest BCUT2D eigenvalue weighted by Crippen LogP contribution is 2.28. The van der Waals surface area contributed by atoms with E-state index in [1.807, 2.05) is 0 Å². The molecule has 0 radical (unpaired) electrons. The van der Waals surface area contributed by atoms with Gasteiger partial charge < -0.3 is 18.6 Å². The molecule has 0 N–H and O–H groups in total. The molecule has 24 heavy (non-hydrogen) atoms. The van der Waals surface area contributed by atoms with Gasteiger partial charge in [0.2, 0.25) is 0 Å². The molecule has 0 bridgehead atoms. The molecule has 0 aliphatic rings. The van der Waals surface area contributed by atoms with Gasteiger partial charge >= 0.3 is 5.97 Å². The zero-order valence-corrected chi connectivity index (χ0v) is 13.7. The Morgan fingerprint density at radius 3 is 2.62 bits per heavy atom. The van der Waals surface area contributed by atoms with E-state index in [0.29, 0.717) is 34.2 Å². The zero-order chi connectivity index (χ0) is 17.1. The van der Waals surface area contributed by atoms with Crippen molar-refractivity contribution in [3.8, 4) is 17.2 Å². The van der Waals surface area contributed by atoms with E-state index in [2.05, 4.69) is 4.98 Å². The monoisotopic (exact) mass is 327 g/mol. The maximum Gasteiger partial charge on any atom is 0.315 e. The van der Waals surface area contributed by atoms with Crippen LogP contribution in [-0.4, -0.2) is 25.2 Å². The number of aryl methyl sites for hydroxylation is 1. The highest BCUT2D eigenvalue weighted by atomic mass is 16.5. The van der Waals surface area contributed by atoms with Crippen molar-refractivity contribution < 1.29 is 23.4 Å². The number of esters is 1. The molecule has 0 unspecified atom stereocenters. The zero-order valence-electron chi connectivity index (χ0n) is 13.7. The lowest BCUT2D eigenvalue weighted by atomic mass is 10.1.